The number of likely N-dealkylation sites (N-methyl/N-ethyl adjacent to an activating group) is 1. The van der Waals surface area contributed by atoms with Crippen molar-refractivity contribution < 1.29 is 0 Å². The van der Waals surface area contributed by atoms with E-state index in [-0.39, 0.29) is 0 Å². The lowest BCUT2D eigenvalue weighted by molar-refractivity contribution is 0.216. The van der Waals surface area contributed by atoms with Crippen LogP contribution in [-0.4, -0.2) is 30.6 Å². The monoisotopic (exact) mass is 144 g/mol. The van der Waals surface area contributed by atoms with Crippen molar-refractivity contribution >= 4 is 0 Å². The Morgan fingerprint density at radius 3 is 1.80 bits per heavy atom. The molecule has 2 nitrogen and oxygen atoms in total. The first-order valence-electron chi connectivity index (χ1n) is 4.24. The molecule has 0 rings (SSSR count). The highest BCUT2D eigenvalue weighted by Gasteiger charge is 2.09. The van der Waals surface area contributed by atoms with Gasteiger partial charge in [-0.3, -0.25) is 4.90 Å². The van der Waals surface area contributed by atoms with Crippen LogP contribution >= 0.6 is 0 Å². The Balaban J connectivity index is 3.70. The van der Waals surface area contributed by atoms with Crippen LogP contribution in [0.2, 0.25) is 0 Å². The summed E-state index contributed by atoms with van der Waals surface area (Å²) in [5, 5.41) is 0. The molecule has 10 heavy (non-hydrogen) atoms. The van der Waals surface area contributed by atoms with Crippen molar-refractivity contribution in [3.63, 3.8) is 0 Å². The van der Waals surface area contributed by atoms with Gasteiger partial charge in [0.15, 0.2) is 0 Å². The summed E-state index contributed by atoms with van der Waals surface area (Å²) in [5.41, 5.74) is 5.59. The third-order valence-corrected chi connectivity index (χ3v) is 2.07. The van der Waals surface area contributed by atoms with Gasteiger partial charge in [0.05, 0.1) is 0 Å². The van der Waals surface area contributed by atoms with Crippen LogP contribution in [0.15, 0.2) is 0 Å². The fourth-order valence-corrected chi connectivity index (χ4v) is 1.31. The summed E-state index contributed by atoms with van der Waals surface area (Å²) in [6, 6.07) is 0.593. The van der Waals surface area contributed by atoms with Gasteiger partial charge in [0.2, 0.25) is 0 Å². The molecule has 0 aromatic carbocycles. The van der Waals surface area contributed by atoms with Gasteiger partial charge in [-0.05, 0) is 19.5 Å². The van der Waals surface area contributed by atoms with Gasteiger partial charge < -0.3 is 5.73 Å². The topological polar surface area (TPSA) is 29.3 Å². The summed E-state index contributed by atoms with van der Waals surface area (Å²) in [5.74, 6) is 0. The summed E-state index contributed by atoms with van der Waals surface area (Å²) in [6.45, 7) is 9.58. The predicted octanol–water partition coefficient (Wildman–Crippen LogP) is 1.07. The summed E-state index contributed by atoms with van der Waals surface area (Å²) in [6.07, 6.45) is 1.16. The molecule has 0 aliphatic carbocycles. The zero-order valence-corrected chi connectivity index (χ0v) is 7.43. The normalized spacial score (nSPS) is 14.1. The molecule has 0 fully saturated rings. The minimum absolute atomic E-state index is 0.593. The Labute approximate surface area is 64.4 Å². The maximum atomic E-state index is 5.59. The van der Waals surface area contributed by atoms with E-state index in [0.29, 0.717) is 6.04 Å². The molecular weight excluding hydrogens is 124 g/mol. The van der Waals surface area contributed by atoms with Crippen LogP contribution in [0.25, 0.3) is 0 Å². The van der Waals surface area contributed by atoms with Crippen molar-refractivity contribution in [2.75, 3.05) is 19.6 Å². The van der Waals surface area contributed by atoms with Gasteiger partial charge in [-0.15, -0.1) is 0 Å². The largest absolute Gasteiger partial charge is 0.329 e. The molecule has 62 valence electrons. The molecule has 0 heterocycles. The third kappa shape index (κ3) is 2.67. The van der Waals surface area contributed by atoms with Crippen molar-refractivity contribution in [3.05, 3.63) is 0 Å². The predicted molar refractivity (Wildman–Crippen MR) is 46.1 cm³/mol. The zero-order valence-electron chi connectivity index (χ0n) is 7.43. The van der Waals surface area contributed by atoms with Crippen LogP contribution in [0.5, 0.6) is 0 Å². The lowest BCUT2D eigenvalue weighted by Gasteiger charge is -2.27. The quantitative estimate of drug-likeness (QED) is 0.625. The minimum atomic E-state index is 0.593. The molecule has 0 amide bonds. The van der Waals surface area contributed by atoms with E-state index in [4.69, 9.17) is 5.73 Å². The average molecular weight is 144 g/mol. The minimum Gasteiger partial charge on any atom is -0.329 e. The van der Waals surface area contributed by atoms with Gasteiger partial charge in [-0.2, -0.15) is 0 Å². The van der Waals surface area contributed by atoms with E-state index in [1.54, 1.807) is 0 Å². The molecule has 0 saturated heterocycles. The third-order valence-electron chi connectivity index (χ3n) is 2.07. The summed E-state index contributed by atoms with van der Waals surface area (Å²) < 4.78 is 0. The smallest absolute Gasteiger partial charge is 0.0215 e. The first-order chi connectivity index (χ1) is 4.79. The van der Waals surface area contributed by atoms with Crippen LogP contribution < -0.4 is 5.73 Å². The zero-order chi connectivity index (χ0) is 7.98. The van der Waals surface area contributed by atoms with E-state index in [9.17, 15) is 0 Å². The molecule has 0 bridgehead atoms. The van der Waals surface area contributed by atoms with Crippen molar-refractivity contribution in [1.29, 1.82) is 0 Å². The molecule has 1 atom stereocenters. The van der Waals surface area contributed by atoms with Crippen LogP contribution in [0.1, 0.15) is 27.2 Å². The SMILES string of the molecule is CC[C@H](CN)N(CC)CC. The Hall–Kier alpha value is -0.0800. The molecule has 0 aromatic heterocycles. The average Bonchev–Trinajstić information content (AvgIpc) is 2.00. The Bertz CT molecular complexity index is 55.7. The van der Waals surface area contributed by atoms with Crippen molar-refractivity contribution in [1.82, 2.24) is 4.90 Å². The molecule has 2 heteroatoms. The van der Waals surface area contributed by atoms with Crippen molar-refractivity contribution in [2.24, 2.45) is 5.73 Å². The molecule has 2 N–H and O–H groups in total. The molecule has 0 aliphatic heterocycles. The second kappa shape index (κ2) is 5.69. The highest BCUT2D eigenvalue weighted by molar-refractivity contribution is 4.67. The maximum absolute atomic E-state index is 5.59. The lowest BCUT2D eigenvalue weighted by Crippen LogP contribution is -2.39. The maximum Gasteiger partial charge on any atom is 0.0215 e. The highest BCUT2D eigenvalue weighted by atomic mass is 15.1. The Kier molecular flexibility index (Phi) is 5.64. The van der Waals surface area contributed by atoms with Gasteiger partial charge in [0.25, 0.3) is 0 Å². The first-order valence-corrected chi connectivity index (χ1v) is 4.24. The second-order valence-electron chi connectivity index (χ2n) is 2.52. The van der Waals surface area contributed by atoms with Gasteiger partial charge in [0, 0.05) is 12.6 Å². The first kappa shape index (κ1) is 9.92. The number of hydrogen-bond donors (Lipinski definition) is 1. The molecule has 0 saturated carbocycles. The van der Waals surface area contributed by atoms with Crippen molar-refractivity contribution in [3.8, 4) is 0 Å². The van der Waals surface area contributed by atoms with Gasteiger partial charge in [-0.25, -0.2) is 0 Å². The molecule has 0 spiro atoms. The summed E-state index contributed by atoms with van der Waals surface area (Å²) >= 11 is 0. The molecule has 0 aliphatic rings. The number of nitrogens with two attached hydrogens (primary N) is 1. The fraction of sp³-hybridized carbons (Fsp3) is 1.00. The number of nitrogens with zero attached hydrogens (tertiary/aromatic N) is 1. The summed E-state index contributed by atoms with van der Waals surface area (Å²) in [7, 11) is 0. The molecular formula is C8H20N2. The highest BCUT2D eigenvalue weighted by Crippen LogP contribution is 2.00. The van der Waals surface area contributed by atoms with E-state index >= 15 is 0 Å². The van der Waals surface area contributed by atoms with Crippen LogP contribution in [0.4, 0.5) is 0 Å². The van der Waals surface area contributed by atoms with E-state index in [1.165, 1.54) is 0 Å². The molecule has 0 unspecified atom stereocenters. The van der Waals surface area contributed by atoms with E-state index in [2.05, 4.69) is 25.7 Å². The van der Waals surface area contributed by atoms with Crippen molar-refractivity contribution in [2.45, 2.75) is 33.2 Å². The lowest BCUT2D eigenvalue weighted by atomic mass is 10.2. The van der Waals surface area contributed by atoms with Gasteiger partial charge >= 0.3 is 0 Å². The van der Waals surface area contributed by atoms with Gasteiger partial charge in [-0.1, -0.05) is 20.8 Å². The van der Waals surface area contributed by atoms with Crippen LogP contribution in [-0.2, 0) is 0 Å². The van der Waals surface area contributed by atoms with Crippen LogP contribution in [0, 0.1) is 0 Å². The van der Waals surface area contributed by atoms with Crippen LogP contribution in [0.3, 0.4) is 0 Å². The standard InChI is InChI=1S/C8H20N2/c1-4-8(7-9)10(5-2)6-3/h8H,4-7,9H2,1-3H3/t8-/m1/s1. The molecule has 0 radical (unpaired) electrons. The van der Waals surface area contributed by atoms with E-state index in [0.717, 1.165) is 26.1 Å². The Morgan fingerprint density at radius 2 is 1.70 bits per heavy atom. The number of rotatable bonds is 5. The fourth-order valence-electron chi connectivity index (χ4n) is 1.31. The van der Waals surface area contributed by atoms with Gasteiger partial charge in [0.1, 0.15) is 0 Å². The summed E-state index contributed by atoms with van der Waals surface area (Å²) in [4.78, 5) is 2.40. The second-order valence-corrected chi connectivity index (χ2v) is 2.52. The molecule has 0 aromatic rings. The van der Waals surface area contributed by atoms with E-state index in [1.807, 2.05) is 0 Å². The Morgan fingerprint density at radius 1 is 1.20 bits per heavy atom. The number of hydrogen-bond acceptors (Lipinski definition) is 2. The van der Waals surface area contributed by atoms with E-state index < -0.39 is 0 Å².